The Morgan fingerprint density at radius 3 is 2.68 bits per heavy atom. The van der Waals surface area contributed by atoms with E-state index in [0.29, 0.717) is 11.1 Å². The molecule has 4 nitrogen and oxygen atoms in total. The van der Waals surface area contributed by atoms with Crippen LogP contribution in [0.3, 0.4) is 0 Å². The molecule has 0 aliphatic carbocycles. The fourth-order valence-corrected chi connectivity index (χ4v) is 1.76. The Balaban J connectivity index is 2.68. The number of para-hydroxylation sites is 1. The Hall–Kier alpha value is -2.49. The third-order valence-electron chi connectivity index (χ3n) is 2.46. The number of rotatable bonds is 2. The minimum atomic E-state index is -4.79. The summed E-state index contributed by atoms with van der Waals surface area (Å²) in [5, 5.41) is 12.1. The molecule has 98 valence electrons. The smallest absolute Gasteiger partial charge is 0.403 e. The number of nitrogens with zero attached hydrogens (tertiary/aromatic N) is 2. The van der Waals surface area contributed by atoms with Crippen molar-refractivity contribution >= 4 is 16.6 Å². The second kappa shape index (κ2) is 4.65. The monoisotopic (exact) mass is 267 g/mol. The van der Waals surface area contributed by atoms with Crippen LogP contribution in [0.15, 0.2) is 24.4 Å². The van der Waals surface area contributed by atoms with Crippen LogP contribution in [0.4, 0.5) is 18.9 Å². The molecule has 0 aliphatic rings. The maximum Gasteiger partial charge on any atom is 0.573 e. The SMILES string of the molecule is CNc1c(C#N)cnc2c(OC(F)(F)F)cccc12. The quantitative estimate of drug-likeness (QED) is 0.908. The standard InChI is InChI=1S/C12H8F3N3O/c1-17-10-7(5-16)6-18-11-8(10)3-2-4-9(11)19-12(13,14)15/h2-4,6H,1H3,(H,17,18). The molecule has 0 unspecified atom stereocenters. The molecule has 2 aromatic rings. The van der Waals surface area contributed by atoms with Crippen LogP contribution in [0.2, 0.25) is 0 Å². The molecule has 0 amide bonds. The number of ether oxygens (including phenoxy) is 1. The largest absolute Gasteiger partial charge is 0.573 e. The highest BCUT2D eigenvalue weighted by Crippen LogP contribution is 2.33. The first-order valence-electron chi connectivity index (χ1n) is 5.21. The molecule has 19 heavy (non-hydrogen) atoms. The molecular weight excluding hydrogens is 259 g/mol. The van der Waals surface area contributed by atoms with E-state index < -0.39 is 12.1 Å². The average Bonchev–Trinajstić information content (AvgIpc) is 2.35. The number of hydrogen-bond donors (Lipinski definition) is 1. The summed E-state index contributed by atoms with van der Waals surface area (Å²) in [4.78, 5) is 3.86. The highest BCUT2D eigenvalue weighted by molar-refractivity contribution is 5.97. The minimum absolute atomic E-state index is 0.0446. The van der Waals surface area contributed by atoms with Crippen LogP contribution < -0.4 is 10.1 Å². The number of pyridine rings is 1. The fraction of sp³-hybridized carbons (Fsp3) is 0.167. The van der Waals surface area contributed by atoms with E-state index in [0.717, 1.165) is 0 Å². The number of anilines is 1. The van der Waals surface area contributed by atoms with Gasteiger partial charge in [-0.05, 0) is 6.07 Å². The third-order valence-corrected chi connectivity index (χ3v) is 2.46. The minimum Gasteiger partial charge on any atom is -0.403 e. The molecule has 0 saturated heterocycles. The number of nitriles is 1. The zero-order valence-corrected chi connectivity index (χ0v) is 9.75. The summed E-state index contributed by atoms with van der Waals surface area (Å²) < 4.78 is 40.8. The summed E-state index contributed by atoms with van der Waals surface area (Å²) in [7, 11) is 1.58. The summed E-state index contributed by atoms with van der Waals surface area (Å²) in [6, 6.07) is 6.07. The van der Waals surface area contributed by atoms with Crippen LogP contribution in [0.1, 0.15) is 5.56 Å². The molecule has 1 N–H and O–H groups in total. The van der Waals surface area contributed by atoms with E-state index in [1.54, 1.807) is 13.1 Å². The Morgan fingerprint density at radius 2 is 2.11 bits per heavy atom. The molecule has 0 bridgehead atoms. The molecule has 7 heteroatoms. The van der Waals surface area contributed by atoms with Crippen LogP contribution in [0, 0.1) is 11.3 Å². The molecular formula is C12H8F3N3O. The van der Waals surface area contributed by atoms with E-state index in [1.807, 2.05) is 6.07 Å². The van der Waals surface area contributed by atoms with Crippen molar-refractivity contribution < 1.29 is 17.9 Å². The van der Waals surface area contributed by atoms with E-state index in [1.165, 1.54) is 18.3 Å². The lowest BCUT2D eigenvalue weighted by atomic mass is 10.1. The van der Waals surface area contributed by atoms with E-state index >= 15 is 0 Å². The summed E-state index contributed by atoms with van der Waals surface area (Å²) >= 11 is 0. The van der Waals surface area contributed by atoms with Gasteiger partial charge in [0.15, 0.2) is 5.75 Å². The van der Waals surface area contributed by atoms with Crippen LogP contribution >= 0.6 is 0 Å². The summed E-state index contributed by atoms with van der Waals surface area (Å²) in [5.41, 5.74) is 0.711. The van der Waals surface area contributed by atoms with E-state index in [-0.39, 0.29) is 11.1 Å². The molecule has 0 atom stereocenters. The van der Waals surface area contributed by atoms with Crippen molar-refractivity contribution in [2.75, 3.05) is 12.4 Å². The topological polar surface area (TPSA) is 57.9 Å². The number of alkyl halides is 3. The lowest BCUT2D eigenvalue weighted by Gasteiger charge is -2.13. The highest BCUT2D eigenvalue weighted by Gasteiger charge is 2.32. The number of aromatic nitrogens is 1. The normalized spacial score (nSPS) is 11.1. The van der Waals surface area contributed by atoms with Gasteiger partial charge < -0.3 is 10.1 Å². The second-order valence-electron chi connectivity index (χ2n) is 3.61. The van der Waals surface area contributed by atoms with Crippen molar-refractivity contribution in [3.05, 3.63) is 30.0 Å². The molecule has 1 aromatic carbocycles. The number of halogens is 3. The summed E-state index contributed by atoms with van der Waals surface area (Å²) in [6.07, 6.45) is -3.58. The third kappa shape index (κ3) is 2.52. The Bertz CT molecular complexity index is 662. The molecule has 0 radical (unpaired) electrons. The molecule has 1 aromatic heterocycles. The maximum absolute atomic E-state index is 12.3. The first-order chi connectivity index (χ1) is 8.96. The number of hydrogen-bond acceptors (Lipinski definition) is 4. The lowest BCUT2D eigenvalue weighted by Crippen LogP contribution is -2.17. The highest BCUT2D eigenvalue weighted by atomic mass is 19.4. The van der Waals surface area contributed by atoms with Gasteiger partial charge in [-0.3, -0.25) is 4.98 Å². The first kappa shape index (κ1) is 13.0. The van der Waals surface area contributed by atoms with Crippen LogP contribution in [0.5, 0.6) is 5.75 Å². The van der Waals surface area contributed by atoms with Gasteiger partial charge in [0.25, 0.3) is 0 Å². The van der Waals surface area contributed by atoms with Gasteiger partial charge in [-0.15, -0.1) is 13.2 Å². The van der Waals surface area contributed by atoms with Crippen molar-refractivity contribution in [2.24, 2.45) is 0 Å². The first-order valence-corrected chi connectivity index (χ1v) is 5.21. The van der Waals surface area contributed by atoms with Crippen LogP contribution in [-0.4, -0.2) is 18.4 Å². The van der Waals surface area contributed by atoms with Gasteiger partial charge in [0.05, 0.1) is 11.3 Å². The van der Waals surface area contributed by atoms with Gasteiger partial charge >= 0.3 is 6.36 Å². The molecule has 0 saturated carbocycles. The molecule has 0 fully saturated rings. The van der Waals surface area contributed by atoms with E-state index in [4.69, 9.17) is 5.26 Å². The molecule has 2 rings (SSSR count). The predicted octanol–water partition coefficient (Wildman–Crippen LogP) is 3.05. The van der Waals surface area contributed by atoms with E-state index in [2.05, 4.69) is 15.0 Å². The number of benzene rings is 1. The zero-order valence-electron chi connectivity index (χ0n) is 9.75. The van der Waals surface area contributed by atoms with Crippen molar-refractivity contribution in [1.29, 1.82) is 5.26 Å². The van der Waals surface area contributed by atoms with Crippen LogP contribution in [0.25, 0.3) is 10.9 Å². The predicted molar refractivity (Wildman–Crippen MR) is 62.7 cm³/mol. The number of fused-ring (bicyclic) bond motifs is 1. The molecule has 0 aliphatic heterocycles. The van der Waals surface area contributed by atoms with Gasteiger partial charge in [0.1, 0.15) is 11.6 Å². The fourth-order valence-electron chi connectivity index (χ4n) is 1.76. The Morgan fingerprint density at radius 1 is 1.37 bits per heavy atom. The second-order valence-corrected chi connectivity index (χ2v) is 3.61. The van der Waals surface area contributed by atoms with Crippen LogP contribution in [-0.2, 0) is 0 Å². The van der Waals surface area contributed by atoms with E-state index in [9.17, 15) is 13.2 Å². The molecule has 1 heterocycles. The van der Waals surface area contributed by atoms with Crippen molar-refractivity contribution in [3.63, 3.8) is 0 Å². The summed E-state index contributed by atoms with van der Waals surface area (Å²) in [5.74, 6) is -0.397. The van der Waals surface area contributed by atoms with Crippen molar-refractivity contribution in [1.82, 2.24) is 4.98 Å². The Kier molecular flexibility index (Phi) is 3.17. The molecule has 0 spiro atoms. The lowest BCUT2D eigenvalue weighted by molar-refractivity contribution is -0.274. The number of nitrogens with one attached hydrogen (secondary N) is 1. The maximum atomic E-state index is 12.3. The zero-order chi connectivity index (χ0) is 14.0. The van der Waals surface area contributed by atoms with Gasteiger partial charge in [0, 0.05) is 18.6 Å². The Labute approximate surface area is 106 Å². The van der Waals surface area contributed by atoms with Gasteiger partial charge in [0.2, 0.25) is 0 Å². The van der Waals surface area contributed by atoms with Crippen molar-refractivity contribution in [2.45, 2.75) is 6.36 Å². The van der Waals surface area contributed by atoms with Crippen molar-refractivity contribution in [3.8, 4) is 11.8 Å². The average molecular weight is 267 g/mol. The van der Waals surface area contributed by atoms with Gasteiger partial charge in [-0.1, -0.05) is 12.1 Å². The summed E-state index contributed by atoms with van der Waals surface area (Å²) in [6.45, 7) is 0. The van der Waals surface area contributed by atoms with Gasteiger partial charge in [-0.25, -0.2) is 0 Å². The van der Waals surface area contributed by atoms with Gasteiger partial charge in [-0.2, -0.15) is 5.26 Å².